The second-order valence-electron chi connectivity index (χ2n) is 2.01. The number of hydrogen-bond donors (Lipinski definition) is 0. The van der Waals surface area contributed by atoms with E-state index in [2.05, 4.69) is 45.2 Å². The van der Waals surface area contributed by atoms with E-state index in [1.807, 2.05) is 22.6 Å². The van der Waals surface area contributed by atoms with Crippen molar-refractivity contribution in [3.8, 4) is 0 Å². The Morgan fingerprint density at radius 1 is 1.17 bits per heavy atom. The van der Waals surface area contributed by atoms with Crippen LogP contribution in [-0.2, 0) is 0 Å². The minimum absolute atomic E-state index is 0.264. The third-order valence-corrected chi connectivity index (χ3v) is 6.46. The van der Waals surface area contributed by atoms with E-state index in [1.54, 1.807) is 12.1 Å². The number of carboxylic acids is 1. The summed E-state index contributed by atoms with van der Waals surface area (Å²) in [6, 6.07) is 3.34. The van der Waals surface area contributed by atoms with Gasteiger partial charge in [-0.3, -0.25) is 0 Å². The predicted octanol–water partition coefficient (Wildman–Crippen LogP) is 1.86. The van der Waals surface area contributed by atoms with Crippen LogP contribution in [0.2, 0.25) is 0 Å². The van der Waals surface area contributed by atoms with Crippen molar-refractivity contribution in [2.45, 2.75) is 0 Å². The molecule has 0 bridgehead atoms. The molecule has 2 nitrogen and oxygen atoms in total. The lowest BCUT2D eigenvalue weighted by Crippen LogP contribution is -2.23. The number of hydrogen-bond acceptors (Lipinski definition) is 2. The molecule has 1 rings (SSSR count). The molecule has 0 saturated carbocycles. The van der Waals surface area contributed by atoms with Gasteiger partial charge >= 0.3 is 0 Å². The van der Waals surface area contributed by atoms with E-state index in [4.69, 9.17) is 0 Å². The van der Waals surface area contributed by atoms with E-state index in [0.717, 1.165) is 10.7 Å². The Morgan fingerprint density at radius 3 is 2.25 bits per heavy atom. The van der Waals surface area contributed by atoms with Crippen molar-refractivity contribution in [2.75, 3.05) is 0 Å². The highest BCUT2D eigenvalue weighted by molar-refractivity contribution is 14.1. The maximum atomic E-state index is 10.6. The average Bonchev–Trinajstić information content (AvgIpc) is 2.00. The Balaban J connectivity index is 3.36. The van der Waals surface area contributed by atoms with Gasteiger partial charge in [-0.2, -0.15) is 0 Å². The summed E-state index contributed by atoms with van der Waals surface area (Å²) in [6.45, 7) is 0. The zero-order valence-corrected chi connectivity index (χ0v) is 12.1. The lowest BCUT2D eigenvalue weighted by atomic mass is 10.2. The van der Waals surface area contributed by atoms with E-state index in [0.29, 0.717) is 0 Å². The van der Waals surface area contributed by atoms with Gasteiger partial charge in [-0.25, -0.2) is 0 Å². The Morgan fingerprint density at radius 2 is 1.75 bits per heavy atom. The van der Waals surface area contributed by atoms with E-state index in [-0.39, 0.29) is 5.56 Å². The molecule has 0 aliphatic heterocycles. The summed E-state index contributed by atoms with van der Waals surface area (Å²) in [4.78, 5) is 10.6. The molecule has 0 spiro atoms. The molecule has 0 heterocycles. The Bertz CT molecular complexity index is 336. The summed E-state index contributed by atoms with van der Waals surface area (Å²) in [7, 11) is 0. The number of aromatic carboxylic acids is 1. The maximum absolute atomic E-state index is 10.6. The van der Waals surface area contributed by atoms with Gasteiger partial charge in [-0.05, 0) is 73.8 Å². The smallest absolute Gasteiger partial charge is 0.0726 e. The lowest BCUT2D eigenvalue weighted by molar-refractivity contribution is -0.255. The van der Waals surface area contributed by atoms with Crippen molar-refractivity contribution in [3.63, 3.8) is 0 Å². The number of carbonyl (C=O) groups excluding carboxylic acids is 1. The summed E-state index contributed by atoms with van der Waals surface area (Å²) in [6.07, 6.45) is 0. The molecule has 1 aromatic carbocycles. The van der Waals surface area contributed by atoms with E-state index < -0.39 is 5.97 Å². The summed E-state index contributed by atoms with van der Waals surface area (Å²) in [5.41, 5.74) is 0.264. The fraction of sp³-hybridized carbons (Fsp3) is 0. The molecular formula is C7H2I3O2-. The molecule has 5 heteroatoms. The standard InChI is InChI=1S/C7H3I3O2/c8-4-2-1-3(7(11)12)5(9)6(4)10/h1-2H,(H,11,12)/p-1. The third-order valence-electron chi connectivity index (χ3n) is 1.26. The summed E-state index contributed by atoms with van der Waals surface area (Å²) < 4.78 is 2.78. The molecule has 0 aromatic heterocycles. The van der Waals surface area contributed by atoms with E-state index >= 15 is 0 Å². The highest BCUT2D eigenvalue weighted by Gasteiger charge is 2.06. The minimum atomic E-state index is -1.12. The molecule has 0 aliphatic rings. The highest BCUT2D eigenvalue weighted by atomic mass is 127. The second kappa shape index (κ2) is 4.40. The molecular weight excluding hydrogens is 497 g/mol. The van der Waals surface area contributed by atoms with Gasteiger partial charge in [-0.1, -0.05) is 6.07 Å². The van der Waals surface area contributed by atoms with Crippen molar-refractivity contribution in [3.05, 3.63) is 28.4 Å². The predicted molar refractivity (Wildman–Crippen MR) is 68.9 cm³/mol. The second-order valence-corrected chi connectivity index (χ2v) is 5.33. The number of rotatable bonds is 1. The van der Waals surface area contributed by atoms with Gasteiger partial charge in [0.15, 0.2) is 0 Å². The van der Waals surface area contributed by atoms with Crippen LogP contribution in [0, 0.1) is 10.7 Å². The SMILES string of the molecule is O=C([O-])c1ccc(I)c(I)c1I. The normalized spacial score (nSPS) is 9.92. The first kappa shape index (κ1) is 11.0. The first-order valence-corrected chi connectivity index (χ1v) is 6.12. The van der Waals surface area contributed by atoms with Crippen LogP contribution in [0.5, 0.6) is 0 Å². The van der Waals surface area contributed by atoms with Crippen LogP contribution in [0.4, 0.5) is 0 Å². The van der Waals surface area contributed by atoms with Crippen LogP contribution in [-0.4, -0.2) is 5.97 Å². The Kier molecular flexibility index (Phi) is 4.02. The van der Waals surface area contributed by atoms with Gasteiger partial charge < -0.3 is 9.90 Å². The Hall–Kier alpha value is 0.880. The number of carbonyl (C=O) groups is 1. The zero-order chi connectivity index (χ0) is 9.30. The van der Waals surface area contributed by atoms with Crippen molar-refractivity contribution >= 4 is 73.7 Å². The maximum Gasteiger partial charge on any atom is 0.0726 e. The minimum Gasteiger partial charge on any atom is -0.545 e. The monoisotopic (exact) mass is 499 g/mol. The summed E-state index contributed by atoms with van der Waals surface area (Å²) in [5.74, 6) is -1.12. The molecule has 0 N–H and O–H groups in total. The van der Waals surface area contributed by atoms with Crippen LogP contribution < -0.4 is 5.11 Å². The fourth-order valence-electron chi connectivity index (χ4n) is 0.684. The molecule has 0 fully saturated rings. The molecule has 1 aromatic rings. The van der Waals surface area contributed by atoms with Gasteiger partial charge in [0.2, 0.25) is 0 Å². The zero-order valence-electron chi connectivity index (χ0n) is 5.61. The largest absolute Gasteiger partial charge is 0.545 e. The first-order chi connectivity index (χ1) is 5.54. The van der Waals surface area contributed by atoms with E-state index in [9.17, 15) is 9.90 Å². The molecule has 0 atom stereocenters. The molecule has 64 valence electrons. The lowest BCUT2D eigenvalue weighted by Gasteiger charge is -2.07. The van der Waals surface area contributed by atoms with Crippen LogP contribution in [0.15, 0.2) is 12.1 Å². The number of halogens is 3. The first-order valence-electron chi connectivity index (χ1n) is 2.89. The molecule has 0 radical (unpaired) electrons. The van der Waals surface area contributed by atoms with Gasteiger partial charge in [0.05, 0.1) is 5.97 Å². The number of carboxylic acid groups (broad SMARTS) is 1. The van der Waals surface area contributed by atoms with Crippen molar-refractivity contribution in [2.24, 2.45) is 0 Å². The van der Waals surface area contributed by atoms with Gasteiger partial charge in [0.25, 0.3) is 0 Å². The molecule has 0 aliphatic carbocycles. The Labute approximate surface area is 111 Å². The van der Waals surface area contributed by atoms with Crippen molar-refractivity contribution in [1.82, 2.24) is 0 Å². The number of benzene rings is 1. The van der Waals surface area contributed by atoms with Gasteiger partial charge in [-0.15, -0.1) is 0 Å². The summed E-state index contributed by atoms with van der Waals surface area (Å²) >= 11 is 6.30. The van der Waals surface area contributed by atoms with Crippen LogP contribution >= 0.6 is 67.8 Å². The third kappa shape index (κ3) is 2.22. The fourth-order valence-corrected chi connectivity index (χ4v) is 2.81. The van der Waals surface area contributed by atoms with Crippen molar-refractivity contribution in [1.29, 1.82) is 0 Å². The van der Waals surface area contributed by atoms with Crippen LogP contribution in [0.3, 0.4) is 0 Å². The van der Waals surface area contributed by atoms with Crippen molar-refractivity contribution < 1.29 is 9.90 Å². The van der Waals surface area contributed by atoms with E-state index in [1.165, 1.54) is 0 Å². The molecule has 0 saturated heterocycles. The summed E-state index contributed by atoms with van der Waals surface area (Å²) in [5, 5.41) is 10.6. The quantitative estimate of drug-likeness (QED) is 0.438. The topological polar surface area (TPSA) is 40.1 Å². The molecule has 12 heavy (non-hydrogen) atoms. The highest BCUT2D eigenvalue weighted by Crippen LogP contribution is 2.23. The molecule has 0 unspecified atom stereocenters. The van der Waals surface area contributed by atoms with Crippen LogP contribution in [0.25, 0.3) is 0 Å². The van der Waals surface area contributed by atoms with Crippen LogP contribution in [0.1, 0.15) is 10.4 Å². The van der Waals surface area contributed by atoms with Gasteiger partial charge in [0, 0.05) is 16.3 Å². The molecule has 0 amide bonds. The van der Waals surface area contributed by atoms with Gasteiger partial charge in [0.1, 0.15) is 0 Å². The average molecular weight is 499 g/mol.